The van der Waals surface area contributed by atoms with Gasteiger partial charge < -0.3 is 15.7 Å². The molecule has 6 nitrogen and oxygen atoms in total. The van der Waals surface area contributed by atoms with Gasteiger partial charge in [-0.25, -0.2) is 9.18 Å². The van der Waals surface area contributed by atoms with Crippen molar-refractivity contribution in [2.75, 3.05) is 18.8 Å². The van der Waals surface area contributed by atoms with Gasteiger partial charge in [-0.2, -0.15) is 5.10 Å². The summed E-state index contributed by atoms with van der Waals surface area (Å²) in [5.74, 6) is 0. The number of piperidine rings is 1. The first-order valence-corrected chi connectivity index (χ1v) is 4.99. The Morgan fingerprint density at radius 3 is 2.94 bits per heavy atom. The van der Waals surface area contributed by atoms with Crippen molar-refractivity contribution in [1.29, 1.82) is 0 Å². The SMILES string of the molecule is Nc1cnn(C2CCN(C(=O)O)CC2F)c1. The van der Waals surface area contributed by atoms with E-state index in [9.17, 15) is 9.18 Å². The number of anilines is 1. The number of hydrogen-bond acceptors (Lipinski definition) is 3. The minimum atomic E-state index is -1.25. The Labute approximate surface area is 91.4 Å². The monoisotopic (exact) mass is 228 g/mol. The Kier molecular flexibility index (Phi) is 2.67. The number of halogens is 1. The number of aromatic nitrogens is 2. The molecule has 1 aromatic heterocycles. The zero-order chi connectivity index (χ0) is 11.7. The minimum Gasteiger partial charge on any atom is -0.465 e. The molecule has 1 aromatic rings. The molecule has 88 valence electrons. The second-order valence-corrected chi connectivity index (χ2v) is 3.85. The van der Waals surface area contributed by atoms with E-state index in [0.717, 1.165) is 4.90 Å². The summed E-state index contributed by atoms with van der Waals surface area (Å²) in [7, 11) is 0. The van der Waals surface area contributed by atoms with Crippen LogP contribution in [-0.4, -0.2) is 45.1 Å². The van der Waals surface area contributed by atoms with E-state index < -0.39 is 18.3 Å². The van der Waals surface area contributed by atoms with Gasteiger partial charge in [-0.3, -0.25) is 4.68 Å². The first-order chi connectivity index (χ1) is 7.58. The Balaban J connectivity index is 2.07. The van der Waals surface area contributed by atoms with E-state index in [-0.39, 0.29) is 6.54 Å². The van der Waals surface area contributed by atoms with Crippen LogP contribution < -0.4 is 5.73 Å². The fraction of sp³-hybridized carbons (Fsp3) is 0.556. The third-order valence-electron chi connectivity index (χ3n) is 2.74. The predicted octanol–water partition coefficient (Wildman–Crippen LogP) is 0.728. The lowest BCUT2D eigenvalue weighted by molar-refractivity contribution is 0.0754. The van der Waals surface area contributed by atoms with Gasteiger partial charge in [-0.1, -0.05) is 0 Å². The largest absolute Gasteiger partial charge is 0.465 e. The Morgan fingerprint density at radius 2 is 2.44 bits per heavy atom. The second kappa shape index (κ2) is 3.99. The number of amides is 1. The van der Waals surface area contributed by atoms with E-state index in [2.05, 4.69) is 5.10 Å². The molecule has 1 fully saturated rings. The number of nitrogen functional groups attached to an aromatic ring is 1. The summed E-state index contributed by atoms with van der Waals surface area (Å²) in [5, 5.41) is 12.7. The van der Waals surface area contributed by atoms with Crippen molar-refractivity contribution in [3.8, 4) is 0 Å². The van der Waals surface area contributed by atoms with Gasteiger partial charge in [0.2, 0.25) is 0 Å². The molecule has 1 aliphatic heterocycles. The number of carboxylic acid groups (broad SMARTS) is 1. The molecule has 0 spiro atoms. The second-order valence-electron chi connectivity index (χ2n) is 3.85. The maximum atomic E-state index is 13.7. The summed E-state index contributed by atoms with van der Waals surface area (Å²) < 4.78 is 15.2. The summed E-state index contributed by atoms with van der Waals surface area (Å²) in [6, 6.07) is -0.423. The molecule has 0 saturated carbocycles. The van der Waals surface area contributed by atoms with E-state index in [0.29, 0.717) is 18.7 Å². The zero-order valence-corrected chi connectivity index (χ0v) is 8.58. The van der Waals surface area contributed by atoms with Gasteiger partial charge in [-0.15, -0.1) is 0 Å². The summed E-state index contributed by atoms with van der Waals surface area (Å²) >= 11 is 0. The smallest absolute Gasteiger partial charge is 0.407 e. The standard InChI is InChI=1S/C9H13FN4O2/c10-7-5-13(9(15)16)2-1-8(7)14-4-6(11)3-12-14/h3-4,7-8H,1-2,5,11H2,(H,15,16). The number of nitrogens with two attached hydrogens (primary N) is 1. The van der Waals surface area contributed by atoms with Gasteiger partial charge in [0.25, 0.3) is 0 Å². The number of alkyl halides is 1. The molecule has 2 heterocycles. The maximum Gasteiger partial charge on any atom is 0.407 e. The first kappa shape index (κ1) is 10.7. The number of likely N-dealkylation sites (tertiary alicyclic amines) is 1. The Bertz CT molecular complexity index is 395. The molecule has 0 aliphatic carbocycles. The van der Waals surface area contributed by atoms with Crippen LogP contribution in [-0.2, 0) is 0 Å². The Morgan fingerprint density at radius 1 is 1.69 bits per heavy atom. The van der Waals surface area contributed by atoms with Gasteiger partial charge >= 0.3 is 6.09 Å². The van der Waals surface area contributed by atoms with Gasteiger partial charge in [0.1, 0.15) is 6.17 Å². The molecular formula is C9H13FN4O2. The van der Waals surface area contributed by atoms with Crippen molar-refractivity contribution in [3.05, 3.63) is 12.4 Å². The van der Waals surface area contributed by atoms with E-state index in [1.165, 1.54) is 10.9 Å². The fourth-order valence-electron chi connectivity index (χ4n) is 1.90. The predicted molar refractivity (Wildman–Crippen MR) is 54.8 cm³/mol. The number of carbonyl (C=O) groups is 1. The van der Waals surface area contributed by atoms with Crippen molar-refractivity contribution in [2.45, 2.75) is 18.6 Å². The molecule has 1 amide bonds. The highest BCUT2D eigenvalue weighted by atomic mass is 19.1. The van der Waals surface area contributed by atoms with Crippen molar-refractivity contribution in [1.82, 2.24) is 14.7 Å². The van der Waals surface area contributed by atoms with E-state index in [4.69, 9.17) is 10.8 Å². The van der Waals surface area contributed by atoms with Crippen LogP contribution in [0.3, 0.4) is 0 Å². The maximum absolute atomic E-state index is 13.7. The lowest BCUT2D eigenvalue weighted by Gasteiger charge is -2.32. The molecule has 16 heavy (non-hydrogen) atoms. The summed E-state index contributed by atoms with van der Waals surface area (Å²) in [5.41, 5.74) is 5.98. The normalized spacial score (nSPS) is 25.7. The van der Waals surface area contributed by atoms with Crippen LogP contribution in [0.4, 0.5) is 14.9 Å². The number of nitrogens with zero attached hydrogens (tertiary/aromatic N) is 3. The van der Waals surface area contributed by atoms with Crippen LogP contribution in [0.1, 0.15) is 12.5 Å². The van der Waals surface area contributed by atoms with Crippen molar-refractivity contribution < 1.29 is 14.3 Å². The highest BCUT2D eigenvalue weighted by Gasteiger charge is 2.32. The summed E-state index contributed by atoms with van der Waals surface area (Å²) in [6.07, 6.45) is 1.10. The van der Waals surface area contributed by atoms with Crippen LogP contribution >= 0.6 is 0 Å². The van der Waals surface area contributed by atoms with Crippen molar-refractivity contribution >= 4 is 11.8 Å². The van der Waals surface area contributed by atoms with Crippen molar-refractivity contribution in [3.63, 3.8) is 0 Å². The average molecular weight is 228 g/mol. The summed E-state index contributed by atoms with van der Waals surface area (Å²) in [4.78, 5) is 11.7. The first-order valence-electron chi connectivity index (χ1n) is 4.99. The third-order valence-corrected chi connectivity index (χ3v) is 2.74. The van der Waals surface area contributed by atoms with Gasteiger partial charge in [-0.05, 0) is 6.42 Å². The minimum absolute atomic E-state index is 0.111. The van der Waals surface area contributed by atoms with E-state index in [1.807, 2.05) is 0 Å². The highest BCUT2D eigenvalue weighted by molar-refractivity contribution is 5.65. The molecule has 2 unspecified atom stereocenters. The van der Waals surface area contributed by atoms with Crippen molar-refractivity contribution in [2.24, 2.45) is 0 Å². The summed E-state index contributed by atoms with van der Waals surface area (Å²) in [6.45, 7) is 0.208. The van der Waals surface area contributed by atoms with Crippen LogP contribution in [0.25, 0.3) is 0 Å². The molecule has 3 N–H and O–H groups in total. The van der Waals surface area contributed by atoms with Crippen LogP contribution in [0, 0.1) is 0 Å². The van der Waals surface area contributed by atoms with Crippen LogP contribution in [0.5, 0.6) is 0 Å². The van der Waals surface area contributed by atoms with Gasteiger partial charge in [0, 0.05) is 12.7 Å². The molecular weight excluding hydrogens is 215 g/mol. The van der Waals surface area contributed by atoms with Gasteiger partial charge in [0.05, 0.1) is 24.5 Å². The lowest BCUT2D eigenvalue weighted by atomic mass is 10.0. The average Bonchev–Trinajstić information content (AvgIpc) is 2.64. The quantitative estimate of drug-likeness (QED) is 0.742. The lowest BCUT2D eigenvalue weighted by Crippen LogP contribution is -2.45. The number of hydrogen-bond donors (Lipinski definition) is 2. The fourth-order valence-corrected chi connectivity index (χ4v) is 1.90. The van der Waals surface area contributed by atoms with Gasteiger partial charge in [0.15, 0.2) is 0 Å². The molecule has 0 aromatic carbocycles. The topological polar surface area (TPSA) is 84.4 Å². The molecule has 7 heteroatoms. The zero-order valence-electron chi connectivity index (χ0n) is 8.58. The van der Waals surface area contributed by atoms with E-state index >= 15 is 0 Å². The molecule has 2 rings (SSSR count). The van der Waals surface area contributed by atoms with E-state index in [1.54, 1.807) is 6.20 Å². The van der Waals surface area contributed by atoms with Crippen LogP contribution in [0.15, 0.2) is 12.4 Å². The molecule has 1 aliphatic rings. The highest BCUT2D eigenvalue weighted by Crippen LogP contribution is 2.25. The molecule has 2 atom stereocenters. The molecule has 1 saturated heterocycles. The number of rotatable bonds is 1. The molecule has 0 bridgehead atoms. The molecule has 0 radical (unpaired) electrons. The van der Waals surface area contributed by atoms with Crippen LogP contribution in [0.2, 0.25) is 0 Å². The third kappa shape index (κ3) is 1.93. The Hall–Kier alpha value is -1.79.